The van der Waals surface area contributed by atoms with E-state index in [1.807, 2.05) is 29.4 Å². The monoisotopic (exact) mass is 497 g/mol. The number of aliphatic imine (C=N–C) groups is 1. The second-order valence-electron chi connectivity index (χ2n) is 7.88. The molecule has 0 saturated heterocycles. The standard InChI is InChI=1S/C31H22F3NS/c1-2-3-4-5-6-7-8-23-9-11-24(12-10-23)13-14-25-15-17-27(28(32)19-25)18-16-26-20-29(33)31(35-22-36)30(34)21-26/h9-12,15,17,19-21H,2-6H2,1H3. The summed E-state index contributed by atoms with van der Waals surface area (Å²) >= 11 is 4.37. The summed E-state index contributed by atoms with van der Waals surface area (Å²) in [4.78, 5) is 3.34. The van der Waals surface area contributed by atoms with Gasteiger partial charge in [0.2, 0.25) is 0 Å². The van der Waals surface area contributed by atoms with Crippen LogP contribution >= 0.6 is 12.2 Å². The molecule has 0 aromatic heterocycles. The average molecular weight is 498 g/mol. The summed E-state index contributed by atoms with van der Waals surface area (Å²) in [7, 11) is 0. The number of thiocarbonyl (C=S) groups is 1. The smallest absolute Gasteiger partial charge is 0.153 e. The van der Waals surface area contributed by atoms with Gasteiger partial charge in [0.1, 0.15) is 11.5 Å². The van der Waals surface area contributed by atoms with E-state index in [4.69, 9.17) is 0 Å². The summed E-state index contributed by atoms with van der Waals surface area (Å²) in [6.07, 6.45) is 5.70. The van der Waals surface area contributed by atoms with Crippen LogP contribution in [0.15, 0.2) is 59.6 Å². The topological polar surface area (TPSA) is 12.4 Å². The second kappa shape index (κ2) is 13.7. The zero-order valence-electron chi connectivity index (χ0n) is 19.7. The van der Waals surface area contributed by atoms with Crippen molar-refractivity contribution in [3.05, 3.63) is 99.9 Å². The minimum atomic E-state index is -0.926. The molecule has 1 nitrogen and oxygen atoms in total. The molecule has 0 bridgehead atoms. The third kappa shape index (κ3) is 8.01. The molecule has 178 valence electrons. The Morgan fingerprint density at radius 3 is 1.89 bits per heavy atom. The summed E-state index contributed by atoms with van der Waals surface area (Å²) in [5.74, 6) is 15.0. The zero-order chi connectivity index (χ0) is 25.8. The summed E-state index contributed by atoms with van der Waals surface area (Å²) in [5, 5.41) is 1.92. The highest BCUT2D eigenvalue weighted by atomic mass is 32.1. The number of rotatable bonds is 5. The minimum Gasteiger partial charge on any atom is -0.206 e. The van der Waals surface area contributed by atoms with E-state index in [2.05, 4.69) is 59.7 Å². The van der Waals surface area contributed by atoms with E-state index < -0.39 is 23.1 Å². The molecular formula is C31H22F3NS. The highest BCUT2D eigenvalue weighted by molar-refractivity contribution is 7.78. The predicted octanol–water partition coefficient (Wildman–Crippen LogP) is 7.96. The van der Waals surface area contributed by atoms with E-state index in [1.165, 1.54) is 31.4 Å². The molecule has 0 spiro atoms. The Morgan fingerprint density at radius 2 is 1.25 bits per heavy atom. The predicted molar refractivity (Wildman–Crippen MR) is 141 cm³/mol. The van der Waals surface area contributed by atoms with Crippen LogP contribution in [-0.4, -0.2) is 5.16 Å². The van der Waals surface area contributed by atoms with Gasteiger partial charge in [-0.1, -0.05) is 61.7 Å². The summed E-state index contributed by atoms with van der Waals surface area (Å²) < 4.78 is 42.4. The van der Waals surface area contributed by atoms with Crippen LogP contribution < -0.4 is 0 Å². The minimum absolute atomic E-state index is 0.0428. The zero-order valence-corrected chi connectivity index (χ0v) is 20.5. The molecule has 36 heavy (non-hydrogen) atoms. The van der Waals surface area contributed by atoms with Gasteiger partial charge in [0.05, 0.1) is 10.7 Å². The molecule has 0 aliphatic rings. The first kappa shape index (κ1) is 26.5. The number of unbranched alkanes of at least 4 members (excludes halogenated alkanes) is 4. The highest BCUT2D eigenvalue weighted by Crippen LogP contribution is 2.23. The van der Waals surface area contributed by atoms with Crippen LogP contribution in [0.3, 0.4) is 0 Å². The largest absolute Gasteiger partial charge is 0.206 e. The number of hydrogen-bond donors (Lipinski definition) is 0. The Hall–Kier alpha value is -4.07. The van der Waals surface area contributed by atoms with Gasteiger partial charge >= 0.3 is 0 Å². The molecule has 0 radical (unpaired) electrons. The van der Waals surface area contributed by atoms with Crippen LogP contribution in [0.1, 0.15) is 66.8 Å². The first-order valence-corrected chi connectivity index (χ1v) is 11.9. The van der Waals surface area contributed by atoms with Gasteiger partial charge in [-0.05, 0) is 73.2 Å². The fourth-order valence-corrected chi connectivity index (χ4v) is 3.30. The van der Waals surface area contributed by atoms with E-state index in [-0.39, 0.29) is 11.1 Å². The van der Waals surface area contributed by atoms with Crippen molar-refractivity contribution < 1.29 is 13.2 Å². The molecule has 0 aliphatic carbocycles. The summed E-state index contributed by atoms with van der Waals surface area (Å²) in [6.45, 7) is 2.19. The Balaban J connectivity index is 1.67. The van der Waals surface area contributed by atoms with Crippen molar-refractivity contribution in [2.75, 3.05) is 0 Å². The van der Waals surface area contributed by atoms with E-state index in [0.29, 0.717) is 5.56 Å². The number of benzene rings is 3. The Morgan fingerprint density at radius 1 is 0.667 bits per heavy atom. The lowest BCUT2D eigenvalue weighted by atomic mass is 10.1. The van der Waals surface area contributed by atoms with Crippen molar-refractivity contribution >= 4 is 23.1 Å². The lowest BCUT2D eigenvalue weighted by Crippen LogP contribution is -1.88. The Kier molecular flexibility index (Phi) is 10.1. The molecule has 0 fully saturated rings. The van der Waals surface area contributed by atoms with Crippen LogP contribution in [0.4, 0.5) is 18.9 Å². The summed E-state index contributed by atoms with van der Waals surface area (Å²) in [6, 6.07) is 14.0. The molecule has 0 aliphatic heterocycles. The number of hydrogen-bond acceptors (Lipinski definition) is 2. The molecule has 0 heterocycles. The van der Waals surface area contributed by atoms with Gasteiger partial charge in [-0.2, -0.15) is 4.99 Å². The van der Waals surface area contributed by atoms with Gasteiger partial charge in [0.25, 0.3) is 0 Å². The molecule has 5 heteroatoms. The maximum atomic E-state index is 14.5. The third-order valence-corrected chi connectivity index (χ3v) is 5.20. The molecule has 0 atom stereocenters. The van der Waals surface area contributed by atoms with Crippen LogP contribution in [0.25, 0.3) is 0 Å². The van der Waals surface area contributed by atoms with Gasteiger partial charge in [-0.25, -0.2) is 13.2 Å². The molecular weight excluding hydrogens is 475 g/mol. The van der Waals surface area contributed by atoms with Crippen LogP contribution in [0.5, 0.6) is 0 Å². The molecule has 0 amide bonds. The van der Waals surface area contributed by atoms with Crippen molar-refractivity contribution in [2.45, 2.75) is 39.0 Å². The van der Waals surface area contributed by atoms with Gasteiger partial charge in [-0.15, -0.1) is 0 Å². The first-order valence-electron chi connectivity index (χ1n) is 11.5. The van der Waals surface area contributed by atoms with Crippen molar-refractivity contribution in [2.24, 2.45) is 4.99 Å². The third-order valence-electron chi connectivity index (χ3n) is 5.11. The SMILES string of the molecule is CCCCCCC#Cc1ccc(C#Cc2ccc(C#Cc3cc(F)c(N=C=S)c(F)c3)c(F)c2)cc1. The van der Waals surface area contributed by atoms with E-state index in [1.54, 1.807) is 6.07 Å². The molecule has 0 saturated carbocycles. The van der Waals surface area contributed by atoms with Crippen molar-refractivity contribution in [1.29, 1.82) is 0 Å². The van der Waals surface area contributed by atoms with Gasteiger partial charge in [0.15, 0.2) is 11.6 Å². The van der Waals surface area contributed by atoms with Gasteiger partial charge in [0, 0.05) is 28.7 Å². The normalized spacial score (nSPS) is 9.56. The lowest BCUT2D eigenvalue weighted by Gasteiger charge is -1.99. The number of nitrogens with zero attached hydrogens (tertiary/aromatic N) is 1. The quantitative estimate of drug-likeness (QED) is 0.151. The van der Waals surface area contributed by atoms with Crippen LogP contribution in [0, 0.1) is 53.0 Å². The van der Waals surface area contributed by atoms with Crippen molar-refractivity contribution in [1.82, 2.24) is 0 Å². The lowest BCUT2D eigenvalue weighted by molar-refractivity contribution is 0.587. The second-order valence-corrected chi connectivity index (χ2v) is 8.06. The maximum absolute atomic E-state index is 14.5. The van der Waals surface area contributed by atoms with Crippen LogP contribution in [-0.2, 0) is 0 Å². The molecule has 3 rings (SSSR count). The molecule has 0 N–H and O–H groups in total. The number of isothiocyanates is 1. The summed E-state index contributed by atoms with van der Waals surface area (Å²) in [5.41, 5.74) is 1.80. The van der Waals surface area contributed by atoms with Gasteiger partial charge < -0.3 is 0 Å². The fraction of sp³-hybridized carbons (Fsp3) is 0.194. The maximum Gasteiger partial charge on any atom is 0.153 e. The molecule has 3 aromatic rings. The highest BCUT2D eigenvalue weighted by Gasteiger charge is 2.09. The molecule has 3 aromatic carbocycles. The average Bonchev–Trinajstić information content (AvgIpc) is 2.87. The van der Waals surface area contributed by atoms with E-state index >= 15 is 0 Å². The fourth-order valence-electron chi connectivity index (χ4n) is 3.21. The molecule has 0 unspecified atom stereocenters. The van der Waals surface area contributed by atoms with Crippen molar-refractivity contribution in [3.63, 3.8) is 0 Å². The van der Waals surface area contributed by atoms with E-state index in [9.17, 15) is 13.2 Å². The Labute approximate surface area is 215 Å². The van der Waals surface area contributed by atoms with Gasteiger partial charge in [-0.3, -0.25) is 0 Å². The number of halogens is 3. The van der Waals surface area contributed by atoms with Crippen LogP contribution in [0.2, 0.25) is 0 Å². The van der Waals surface area contributed by atoms with E-state index in [0.717, 1.165) is 36.1 Å². The Bertz CT molecular complexity index is 1440. The van der Waals surface area contributed by atoms with Crippen molar-refractivity contribution in [3.8, 4) is 35.5 Å². The first-order chi connectivity index (χ1) is 17.5.